The largest absolute Gasteiger partial charge is 0.496 e. The Kier molecular flexibility index (Phi) is 3.15. The second kappa shape index (κ2) is 3.93. The second-order valence-electron chi connectivity index (χ2n) is 2.41. The van der Waals surface area contributed by atoms with Crippen LogP contribution in [0.3, 0.4) is 0 Å². The van der Waals surface area contributed by atoms with E-state index in [0.29, 0.717) is 6.54 Å². The molecular formula is C8H12BrNO. The number of halogens is 1. The Morgan fingerprint density at radius 2 is 2.45 bits per heavy atom. The number of ether oxygens (including phenoxy) is 1. The fraction of sp³-hybridized carbons (Fsp3) is 0.500. The van der Waals surface area contributed by atoms with Crippen molar-refractivity contribution in [3.8, 4) is 0 Å². The van der Waals surface area contributed by atoms with E-state index in [2.05, 4.69) is 22.0 Å². The van der Waals surface area contributed by atoms with Gasteiger partial charge in [0, 0.05) is 16.6 Å². The molecule has 1 aliphatic carbocycles. The van der Waals surface area contributed by atoms with E-state index in [1.54, 1.807) is 7.11 Å². The molecule has 0 fully saturated rings. The Hall–Kier alpha value is -0.280. The third-order valence-corrected chi connectivity index (χ3v) is 2.47. The summed E-state index contributed by atoms with van der Waals surface area (Å²) in [7, 11) is 1.67. The quantitative estimate of drug-likeness (QED) is 0.768. The first-order valence-electron chi connectivity index (χ1n) is 3.61. The van der Waals surface area contributed by atoms with E-state index in [-0.39, 0.29) is 0 Å². The van der Waals surface area contributed by atoms with Crippen LogP contribution in [-0.4, -0.2) is 13.7 Å². The molecule has 0 saturated carbocycles. The van der Waals surface area contributed by atoms with Gasteiger partial charge in [0.2, 0.25) is 0 Å². The molecule has 0 aromatic heterocycles. The van der Waals surface area contributed by atoms with Crippen LogP contribution in [0.1, 0.15) is 12.8 Å². The monoisotopic (exact) mass is 217 g/mol. The summed E-state index contributed by atoms with van der Waals surface area (Å²) in [6, 6.07) is 0. The van der Waals surface area contributed by atoms with Gasteiger partial charge in [0.1, 0.15) is 5.76 Å². The van der Waals surface area contributed by atoms with Crippen LogP contribution in [0.15, 0.2) is 21.9 Å². The third kappa shape index (κ3) is 1.84. The van der Waals surface area contributed by atoms with Crippen molar-refractivity contribution in [2.75, 3.05) is 13.7 Å². The molecule has 0 heterocycles. The highest BCUT2D eigenvalue weighted by Crippen LogP contribution is 2.28. The van der Waals surface area contributed by atoms with Gasteiger partial charge in [-0.1, -0.05) is 22.0 Å². The maximum Gasteiger partial charge on any atom is 0.133 e. The van der Waals surface area contributed by atoms with E-state index in [1.165, 1.54) is 0 Å². The lowest BCUT2D eigenvalue weighted by atomic mass is 10.1. The SMILES string of the molecule is COC1=C(Br)CCC=C1CN. The molecule has 0 aromatic carbocycles. The molecule has 0 unspecified atom stereocenters. The zero-order valence-electron chi connectivity index (χ0n) is 6.56. The Morgan fingerprint density at radius 1 is 1.73 bits per heavy atom. The van der Waals surface area contributed by atoms with Crippen molar-refractivity contribution in [2.45, 2.75) is 12.8 Å². The molecule has 1 aliphatic rings. The number of methoxy groups -OCH3 is 1. The minimum Gasteiger partial charge on any atom is -0.496 e. The van der Waals surface area contributed by atoms with Crippen LogP contribution in [0.2, 0.25) is 0 Å². The standard InChI is InChI=1S/C8H12BrNO/c1-11-8-6(5-10)3-2-4-7(8)9/h3H,2,4-5,10H2,1H3. The average Bonchev–Trinajstić information content (AvgIpc) is 2.04. The van der Waals surface area contributed by atoms with Crippen LogP contribution >= 0.6 is 15.9 Å². The molecule has 0 atom stereocenters. The highest BCUT2D eigenvalue weighted by Gasteiger charge is 2.12. The van der Waals surface area contributed by atoms with Gasteiger partial charge in [-0.25, -0.2) is 0 Å². The summed E-state index contributed by atoms with van der Waals surface area (Å²) in [6.45, 7) is 0.554. The van der Waals surface area contributed by atoms with E-state index in [1.807, 2.05) is 0 Å². The Balaban J connectivity index is 2.86. The lowest BCUT2D eigenvalue weighted by Crippen LogP contribution is -2.10. The summed E-state index contributed by atoms with van der Waals surface area (Å²) in [4.78, 5) is 0. The summed E-state index contributed by atoms with van der Waals surface area (Å²) < 4.78 is 6.32. The predicted molar refractivity (Wildman–Crippen MR) is 49.3 cm³/mol. The van der Waals surface area contributed by atoms with Gasteiger partial charge in [0.15, 0.2) is 0 Å². The Labute approximate surface area is 75.2 Å². The lowest BCUT2D eigenvalue weighted by molar-refractivity contribution is 0.295. The van der Waals surface area contributed by atoms with Crippen LogP contribution in [0.5, 0.6) is 0 Å². The fourth-order valence-electron chi connectivity index (χ4n) is 1.17. The topological polar surface area (TPSA) is 35.2 Å². The van der Waals surface area contributed by atoms with Crippen LogP contribution in [0.4, 0.5) is 0 Å². The molecule has 62 valence electrons. The molecular weight excluding hydrogens is 206 g/mol. The van der Waals surface area contributed by atoms with Gasteiger partial charge in [-0.3, -0.25) is 0 Å². The van der Waals surface area contributed by atoms with Gasteiger partial charge in [-0.15, -0.1) is 0 Å². The zero-order valence-corrected chi connectivity index (χ0v) is 8.15. The maximum absolute atomic E-state index is 5.53. The van der Waals surface area contributed by atoms with Crippen molar-refractivity contribution in [1.29, 1.82) is 0 Å². The van der Waals surface area contributed by atoms with Gasteiger partial charge in [-0.2, -0.15) is 0 Å². The molecule has 0 radical (unpaired) electrons. The van der Waals surface area contributed by atoms with Gasteiger partial charge in [0.25, 0.3) is 0 Å². The molecule has 0 bridgehead atoms. The van der Waals surface area contributed by atoms with E-state index in [0.717, 1.165) is 28.7 Å². The van der Waals surface area contributed by atoms with Crippen molar-refractivity contribution in [3.05, 3.63) is 21.9 Å². The first-order chi connectivity index (χ1) is 5.29. The van der Waals surface area contributed by atoms with Crippen molar-refractivity contribution in [3.63, 3.8) is 0 Å². The summed E-state index contributed by atoms with van der Waals surface area (Å²) in [5, 5.41) is 0. The average molecular weight is 218 g/mol. The van der Waals surface area contributed by atoms with E-state index < -0.39 is 0 Å². The van der Waals surface area contributed by atoms with Gasteiger partial charge >= 0.3 is 0 Å². The third-order valence-electron chi connectivity index (χ3n) is 1.72. The number of allylic oxidation sites excluding steroid dienone is 2. The summed E-state index contributed by atoms with van der Waals surface area (Å²) >= 11 is 3.45. The van der Waals surface area contributed by atoms with E-state index >= 15 is 0 Å². The van der Waals surface area contributed by atoms with Crippen LogP contribution < -0.4 is 5.73 Å². The molecule has 3 heteroatoms. The van der Waals surface area contributed by atoms with Crippen LogP contribution in [0.25, 0.3) is 0 Å². The highest BCUT2D eigenvalue weighted by atomic mass is 79.9. The maximum atomic E-state index is 5.53. The number of hydrogen-bond donors (Lipinski definition) is 1. The number of hydrogen-bond acceptors (Lipinski definition) is 2. The van der Waals surface area contributed by atoms with E-state index in [9.17, 15) is 0 Å². The van der Waals surface area contributed by atoms with E-state index in [4.69, 9.17) is 10.5 Å². The minimum atomic E-state index is 0.554. The predicted octanol–water partition coefficient (Wildman–Crippen LogP) is 1.92. The van der Waals surface area contributed by atoms with Crippen molar-refractivity contribution in [1.82, 2.24) is 0 Å². The Bertz CT molecular complexity index is 208. The summed E-state index contributed by atoms with van der Waals surface area (Å²) in [5.41, 5.74) is 6.63. The molecule has 0 aliphatic heterocycles. The molecule has 0 saturated heterocycles. The smallest absolute Gasteiger partial charge is 0.133 e. The normalized spacial score (nSPS) is 18.3. The molecule has 0 amide bonds. The highest BCUT2D eigenvalue weighted by molar-refractivity contribution is 9.11. The second-order valence-corrected chi connectivity index (χ2v) is 3.37. The number of rotatable bonds is 2. The first kappa shape index (κ1) is 8.81. The summed E-state index contributed by atoms with van der Waals surface area (Å²) in [6.07, 6.45) is 4.20. The van der Waals surface area contributed by atoms with Crippen LogP contribution in [0, 0.1) is 0 Å². The lowest BCUT2D eigenvalue weighted by Gasteiger charge is -2.15. The molecule has 2 N–H and O–H groups in total. The zero-order chi connectivity index (χ0) is 8.27. The minimum absolute atomic E-state index is 0.554. The van der Waals surface area contributed by atoms with Gasteiger partial charge in [-0.05, 0) is 12.8 Å². The Morgan fingerprint density at radius 3 is 2.91 bits per heavy atom. The van der Waals surface area contributed by atoms with Gasteiger partial charge < -0.3 is 10.5 Å². The number of nitrogens with two attached hydrogens (primary N) is 1. The van der Waals surface area contributed by atoms with Crippen molar-refractivity contribution >= 4 is 15.9 Å². The fourth-order valence-corrected chi connectivity index (χ4v) is 1.82. The molecule has 2 nitrogen and oxygen atoms in total. The molecule has 0 spiro atoms. The van der Waals surface area contributed by atoms with Crippen molar-refractivity contribution in [2.24, 2.45) is 5.73 Å². The van der Waals surface area contributed by atoms with Crippen LogP contribution in [-0.2, 0) is 4.74 Å². The first-order valence-corrected chi connectivity index (χ1v) is 4.41. The molecule has 0 aromatic rings. The molecule has 11 heavy (non-hydrogen) atoms. The van der Waals surface area contributed by atoms with Gasteiger partial charge in [0.05, 0.1) is 7.11 Å². The summed E-state index contributed by atoms with van der Waals surface area (Å²) in [5.74, 6) is 0.916. The van der Waals surface area contributed by atoms with Crippen molar-refractivity contribution < 1.29 is 4.74 Å². The molecule has 1 rings (SSSR count).